The molecule has 0 saturated heterocycles. The minimum absolute atomic E-state index is 0.152. The van der Waals surface area contributed by atoms with Crippen LogP contribution in [0, 0.1) is 6.92 Å². The summed E-state index contributed by atoms with van der Waals surface area (Å²) in [5.41, 5.74) is 1.85. The van der Waals surface area contributed by atoms with Gasteiger partial charge >= 0.3 is 0 Å². The summed E-state index contributed by atoms with van der Waals surface area (Å²) in [6, 6.07) is 15.3. The third-order valence-electron chi connectivity index (χ3n) is 2.83. The molecule has 0 saturated carbocycles. The molecule has 19 heavy (non-hydrogen) atoms. The van der Waals surface area contributed by atoms with Gasteiger partial charge in [-0.25, -0.2) is 0 Å². The molecule has 2 rings (SSSR count). The summed E-state index contributed by atoms with van der Waals surface area (Å²) in [7, 11) is 1.66. The summed E-state index contributed by atoms with van der Waals surface area (Å²) in [5.74, 6) is 1.48. The smallest absolute Gasteiger partial charge is 0.173 e. The van der Waals surface area contributed by atoms with E-state index in [4.69, 9.17) is 4.74 Å². The first-order valence-corrected chi connectivity index (χ1v) is 7.05. The number of ether oxygens (including phenoxy) is 1. The van der Waals surface area contributed by atoms with Gasteiger partial charge in [-0.2, -0.15) is 0 Å². The first-order chi connectivity index (χ1) is 9.20. The van der Waals surface area contributed by atoms with Crippen molar-refractivity contribution in [2.45, 2.75) is 11.8 Å². The fourth-order valence-corrected chi connectivity index (χ4v) is 2.69. The average Bonchev–Trinajstić information content (AvgIpc) is 2.46. The van der Waals surface area contributed by atoms with Crippen molar-refractivity contribution in [1.29, 1.82) is 0 Å². The molecule has 0 unspecified atom stereocenters. The first-order valence-electron chi connectivity index (χ1n) is 6.06. The standard InChI is InChI=1S/C16H16O2S/c1-12-10-14(8-9-16(12)18-2)19-11-15(17)13-6-4-3-5-7-13/h3-10H,11H2,1-2H3. The van der Waals surface area contributed by atoms with Gasteiger partial charge in [-0.3, -0.25) is 4.79 Å². The van der Waals surface area contributed by atoms with Crippen LogP contribution in [0.2, 0.25) is 0 Å². The predicted octanol–water partition coefficient (Wildman–Crippen LogP) is 3.98. The second kappa shape index (κ2) is 6.43. The number of methoxy groups -OCH3 is 1. The molecule has 2 nitrogen and oxygen atoms in total. The van der Waals surface area contributed by atoms with Gasteiger partial charge in [0.1, 0.15) is 5.75 Å². The highest BCUT2D eigenvalue weighted by Crippen LogP contribution is 2.25. The predicted molar refractivity (Wildman–Crippen MR) is 79.2 cm³/mol. The number of benzene rings is 2. The molecule has 0 aromatic heterocycles. The molecule has 2 aromatic carbocycles. The lowest BCUT2D eigenvalue weighted by molar-refractivity contribution is 0.102. The molecule has 0 aliphatic heterocycles. The summed E-state index contributed by atoms with van der Waals surface area (Å²) in [6.45, 7) is 2.00. The number of rotatable bonds is 5. The van der Waals surface area contributed by atoms with Gasteiger partial charge < -0.3 is 4.74 Å². The highest BCUT2D eigenvalue weighted by atomic mass is 32.2. The molecular weight excluding hydrogens is 256 g/mol. The van der Waals surface area contributed by atoms with Crippen molar-refractivity contribution < 1.29 is 9.53 Å². The molecular formula is C16H16O2S. The first kappa shape index (κ1) is 13.7. The second-order valence-electron chi connectivity index (χ2n) is 4.21. The second-order valence-corrected chi connectivity index (χ2v) is 5.26. The molecule has 0 fully saturated rings. The van der Waals surface area contributed by atoms with Gasteiger partial charge in [-0.1, -0.05) is 30.3 Å². The Morgan fingerprint density at radius 2 is 1.89 bits per heavy atom. The summed E-state index contributed by atoms with van der Waals surface area (Å²) in [4.78, 5) is 13.1. The molecule has 0 heterocycles. The SMILES string of the molecule is COc1ccc(SCC(=O)c2ccccc2)cc1C. The molecule has 0 aliphatic rings. The molecule has 0 atom stereocenters. The van der Waals surface area contributed by atoms with E-state index in [1.165, 1.54) is 0 Å². The third-order valence-corrected chi connectivity index (χ3v) is 3.83. The molecule has 0 bridgehead atoms. The van der Waals surface area contributed by atoms with Crippen molar-refractivity contribution in [3.8, 4) is 5.75 Å². The van der Waals surface area contributed by atoms with Crippen LogP contribution in [0.25, 0.3) is 0 Å². The summed E-state index contributed by atoms with van der Waals surface area (Å²) in [6.07, 6.45) is 0. The van der Waals surface area contributed by atoms with Gasteiger partial charge in [0, 0.05) is 10.5 Å². The quantitative estimate of drug-likeness (QED) is 0.608. The zero-order chi connectivity index (χ0) is 13.7. The monoisotopic (exact) mass is 272 g/mol. The van der Waals surface area contributed by atoms with E-state index in [2.05, 4.69) is 0 Å². The Balaban J connectivity index is 1.99. The van der Waals surface area contributed by atoms with Crippen molar-refractivity contribution in [3.63, 3.8) is 0 Å². The number of ketones is 1. The van der Waals surface area contributed by atoms with Crippen LogP contribution < -0.4 is 4.74 Å². The maximum Gasteiger partial charge on any atom is 0.173 e. The van der Waals surface area contributed by atoms with E-state index in [9.17, 15) is 4.79 Å². The Morgan fingerprint density at radius 1 is 1.16 bits per heavy atom. The zero-order valence-corrected chi connectivity index (χ0v) is 11.9. The number of Topliss-reactive ketones (excluding diaryl/α,β-unsaturated/α-hetero) is 1. The lowest BCUT2D eigenvalue weighted by Crippen LogP contribution is -2.01. The topological polar surface area (TPSA) is 26.3 Å². The zero-order valence-electron chi connectivity index (χ0n) is 11.1. The van der Waals surface area contributed by atoms with Crippen LogP contribution >= 0.6 is 11.8 Å². The Bertz CT molecular complexity index is 564. The Labute approximate surface area is 117 Å². The van der Waals surface area contributed by atoms with E-state index in [0.717, 1.165) is 21.8 Å². The molecule has 3 heteroatoms. The van der Waals surface area contributed by atoms with Crippen molar-refractivity contribution in [3.05, 3.63) is 59.7 Å². The van der Waals surface area contributed by atoms with Crippen LogP contribution in [0.4, 0.5) is 0 Å². The number of carbonyl (C=O) groups is 1. The molecule has 0 spiro atoms. The molecule has 0 N–H and O–H groups in total. The van der Waals surface area contributed by atoms with Gasteiger partial charge in [0.05, 0.1) is 12.9 Å². The number of hydrogen-bond acceptors (Lipinski definition) is 3. The summed E-state index contributed by atoms with van der Waals surface area (Å²) < 4.78 is 5.22. The van der Waals surface area contributed by atoms with Crippen LogP contribution in [-0.2, 0) is 0 Å². The number of aryl methyl sites for hydroxylation is 1. The van der Waals surface area contributed by atoms with Crippen LogP contribution in [0.3, 0.4) is 0 Å². The fourth-order valence-electron chi connectivity index (χ4n) is 1.80. The van der Waals surface area contributed by atoms with Crippen LogP contribution in [0.1, 0.15) is 15.9 Å². The van der Waals surface area contributed by atoms with Gasteiger partial charge in [-0.05, 0) is 30.7 Å². The van der Waals surface area contributed by atoms with Crippen LogP contribution in [0.5, 0.6) is 5.75 Å². The van der Waals surface area contributed by atoms with Gasteiger partial charge in [0.25, 0.3) is 0 Å². The van der Waals surface area contributed by atoms with Gasteiger partial charge in [-0.15, -0.1) is 11.8 Å². The summed E-state index contributed by atoms with van der Waals surface area (Å²) >= 11 is 1.55. The highest BCUT2D eigenvalue weighted by molar-refractivity contribution is 8.00. The fraction of sp³-hybridized carbons (Fsp3) is 0.188. The van der Waals surface area contributed by atoms with E-state index < -0.39 is 0 Å². The molecule has 98 valence electrons. The van der Waals surface area contributed by atoms with Gasteiger partial charge in [0.2, 0.25) is 0 Å². The Morgan fingerprint density at radius 3 is 2.53 bits per heavy atom. The lowest BCUT2D eigenvalue weighted by Gasteiger charge is -2.07. The Hall–Kier alpha value is -1.74. The number of thioether (sulfide) groups is 1. The van der Waals surface area contributed by atoms with Crippen molar-refractivity contribution in [2.75, 3.05) is 12.9 Å². The normalized spacial score (nSPS) is 10.2. The van der Waals surface area contributed by atoms with E-state index in [1.54, 1.807) is 18.9 Å². The Kier molecular flexibility index (Phi) is 4.63. The lowest BCUT2D eigenvalue weighted by atomic mass is 10.2. The molecule has 2 aromatic rings. The average molecular weight is 272 g/mol. The van der Waals surface area contributed by atoms with E-state index in [0.29, 0.717) is 5.75 Å². The van der Waals surface area contributed by atoms with E-state index in [1.807, 2.05) is 55.5 Å². The van der Waals surface area contributed by atoms with Crippen molar-refractivity contribution >= 4 is 17.5 Å². The number of carbonyl (C=O) groups excluding carboxylic acids is 1. The van der Waals surface area contributed by atoms with Gasteiger partial charge in [0.15, 0.2) is 5.78 Å². The summed E-state index contributed by atoms with van der Waals surface area (Å²) in [5, 5.41) is 0. The van der Waals surface area contributed by atoms with Crippen molar-refractivity contribution in [1.82, 2.24) is 0 Å². The molecule has 0 amide bonds. The number of hydrogen-bond donors (Lipinski definition) is 0. The van der Waals surface area contributed by atoms with Crippen LogP contribution in [0.15, 0.2) is 53.4 Å². The van der Waals surface area contributed by atoms with Crippen LogP contribution in [-0.4, -0.2) is 18.6 Å². The third kappa shape index (κ3) is 3.61. The highest BCUT2D eigenvalue weighted by Gasteiger charge is 2.07. The van der Waals surface area contributed by atoms with E-state index in [-0.39, 0.29) is 5.78 Å². The molecule has 0 aliphatic carbocycles. The maximum absolute atomic E-state index is 12.0. The van der Waals surface area contributed by atoms with E-state index >= 15 is 0 Å². The largest absolute Gasteiger partial charge is 0.496 e. The maximum atomic E-state index is 12.0. The molecule has 0 radical (unpaired) electrons. The van der Waals surface area contributed by atoms with Crippen molar-refractivity contribution in [2.24, 2.45) is 0 Å². The minimum atomic E-state index is 0.152. The minimum Gasteiger partial charge on any atom is -0.496 e.